The molecule has 2 N–H and O–H groups in total. The van der Waals surface area contributed by atoms with E-state index in [0.29, 0.717) is 13.1 Å². The van der Waals surface area contributed by atoms with Gasteiger partial charge in [0.25, 0.3) is 0 Å². The molecule has 1 rings (SSSR count). The van der Waals surface area contributed by atoms with E-state index in [1.165, 1.54) is 4.90 Å². The maximum Gasteiger partial charge on any atom is 0.405 e. The van der Waals surface area contributed by atoms with Gasteiger partial charge in [-0.05, 0) is 0 Å². The lowest BCUT2D eigenvalue weighted by Crippen LogP contribution is -2.55. The van der Waals surface area contributed by atoms with E-state index in [1.54, 1.807) is 11.8 Å². The normalized spacial score (nSPS) is 31.6. The minimum Gasteiger partial charge on any atom is -0.329 e. The Hall–Kier alpha value is 0.0600. The Morgan fingerprint density at radius 3 is 2.13 bits per heavy atom. The van der Waals surface area contributed by atoms with Crippen LogP contribution < -0.4 is 5.73 Å². The van der Waals surface area contributed by atoms with E-state index >= 15 is 0 Å². The van der Waals surface area contributed by atoms with Crippen LogP contribution in [0.3, 0.4) is 0 Å². The highest BCUT2D eigenvalue weighted by Gasteiger charge is 2.44. The van der Waals surface area contributed by atoms with Crippen LogP contribution in [0.4, 0.5) is 13.2 Å². The average molecular weight is 242 g/mol. The molecule has 6 heteroatoms. The van der Waals surface area contributed by atoms with Gasteiger partial charge < -0.3 is 5.73 Å². The quantitative estimate of drug-likeness (QED) is 0.799. The third kappa shape index (κ3) is 3.53. The SMILES string of the molecule is CC1CN(C(CN)C(F)(F)F)CC(C)S1. The monoisotopic (exact) mass is 242 g/mol. The molecule has 0 aliphatic carbocycles. The minimum absolute atomic E-state index is 0.241. The molecule has 0 spiro atoms. The minimum atomic E-state index is -4.21. The van der Waals surface area contributed by atoms with Crippen LogP contribution in [0.2, 0.25) is 0 Å². The Bertz CT molecular complexity index is 200. The molecule has 1 aliphatic rings. The van der Waals surface area contributed by atoms with Crippen molar-refractivity contribution in [2.45, 2.75) is 36.6 Å². The van der Waals surface area contributed by atoms with Crippen molar-refractivity contribution in [3.63, 3.8) is 0 Å². The van der Waals surface area contributed by atoms with E-state index in [0.717, 1.165) is 0 Å². The fourth-order valence-corrected chi connectivity index (χ4v) is 3.31. The molecule has 1 aliphatic heterocycles. The lowest BCUT2D eigenvalue weighted by Gasteiger charge is -2.39. The molecule has 0 saturated carbocycles. The van der Waals surface area contributed by atoms with Gasteiger partial charge in [-0.25, -0.2) is 0 Å². The van der Waals surface area contributed by atoms with Crippen LogP contribution >= 0.6 is 11.8 Å². The summed E-state index contributed by atoms with van der Waals surface area (Å²) in [5, 5.41) is 0.482. The van der Waals surface area contributed by atoms with Gasteiger partial charge in [-0.3, -0.25) is 4.90 Å². The first-order valence-corrected chi connectivity index (χ1v) is 5.95. The highest BCUT2D eigenvalue weighted by Crippen LogP contribution is 2.31. The van der Waals surface area contributed by atoms with Crippen LogP contribution in [0, 0.1) is 0 Å². The number of rotatable bonds is 2. The van der Waals surface area contributed by atoms with Crippen LogP contribution in [0.15, 0.2) is 0 Å². The number of hydrogen-bond donors (Lipinski definition) is 1. The van der Waals surface area contributed by atoms with Crippen LogP contribution in [0.1, 0.15) is 13.8 Å². The van der Waals surface area contributed by atoms with Gasteiger partial charge in [-0.15, -0.1) is 0 Å². The standard InChI is InChI=1S/C9H17F3N2S/c1-6-4-14(5-7(2)15-6)8(3-13)9(10,11)12/h6-8H,3-5,13H2,1-2H3. The second-order valence-electron chi connectivity index (χ2n) is 4.00. The topological polar surface area (TPSA) is 29.3 Å². The number of alkyl halides is 3. The molecule has 0 aromatic rings. The van der Waals surface area contributed by atoms with Crippen LogP contribution in [-0.4, -0.2) is 47.3 Å². The summed E-state index contributed by atoms with van der Waals surface area (Å²) in [5.41, 5.74) is 5.21. The summed E-state index contributed by atoms with van der Waals surface area (Å²) in [5.74, 6) is 0. The molecule has 2 nitrogen and oxygen atoms in total. The van der Waals surface area contributed by atoms with Gasteiger partial charge in [0, 0.05) is 30.1 Å². The van der Waals surface area contributed by atoms with E-state index in [4.69, 9.17) is 5.73 Å². The van der Waals surface area contributed by atoms with Gasteiger partial charge in [0.1, 0.15) is 6.04 Å². The first kappa shape index (κ1) is 13.1. The molecule has 0 aromatic carbocycles. The Morgan fingerprint density at radius 2 is 1.80 bits per heavy atom. The van der Waals surface area contributed by atoms with Crippen molar-refractivity contribution in [2.75, 3.05) is 19.6 Å². The smallest absolute Gasteiger partial charge is 0.329 e. The predicted octanol–water partition coefficient (Wildman–Crippen LogP) is 1.70. The third-order valence-electron chi connectivity index (χ3n) is 2.49. The number of nitrogens with two attached hydrogens (primary N) is 1. The highest BCUT2D eigenvalue weighted by molar-refractivity contribution is 8.00. The van der Waals surface area contributed by atoms with E-state index < -0.39 is 12.2 Å². The van der Waals surface area contributed by atoms with Gasteiger partial charge in [-0.1, -0.05) is 13.8 Å². The van der Waals surface area contributed by atoms with Gasteiger partial charge >= 0.3 is 6.18 Å². The maximum atomic E-state index is 12.6. The zero-order valence-electron chi connectivity index (χ0n) is 8.92. The van der Waals surface area contributed by atoms with Crippen molar-refractivity contribution < 1.29 is 13.2 Å². The van der Waals surface area contributed by atoms with Gasteiger partial charge in [0.2, 0.25) is 0 Å². The molecule has 0 bridgehead atoms. The van der Waals surface area contributed by atoms with Gasteiger partial charge in [0.05, 0.1) is 0 Å². The summed E-state index contributed by atoms with van der Waals surface area (Å²) >= 11 is 1.73. The molecule has 1 heterocycles. The zero-order chi connectivity index (χ0) is 11.6. The number of hydrogen-bond acceptors (Lipinski definition) is 3. The van der Waals surface area contributed by atoms with E-state index in [2.05, 4.69) is 0 Å². The van der Waals surface area contributed by atoms with Crippen molar-refractivity contribution in [1.82, 2.24) is 4.90 Å². The van der Waals surface area contributed by atoms with Gasteiger partial charge in [0.15, 0.2) is 0 Å². The molecular weight excluding hydrogens is 225 g/mol. The largest absolute Gasteiger partial charge is 0.405 e. The molecule has 0 amide bonds. The van der Waals surface area contributed by atoms with E-state index in [9.17, 15) is 13.2 Å². The Labute approximate surface area is 92.4 Å². The Kier molecular flexibility index (Phi) is 4.31. The second-order valence-corrected chi connectivity index (χ2v) is 5.89. The summed E-state index contributed by atoms with van der Waals surface area (Å²) in [6.45, 7) is 4.49. The highest BCUT2D eigenvalue weighted by atomic mass is 32.2. The van der Waals surface area contributed by atoms with Crippen LogP contribution in [0.25, 0.3) is 0 Å². The first-order valence-electron chi connectivity index (χ1n) is 5.01. The average Bonchev–Trinajstić information content (AvgIpc) is 1.99. The maximum absolute atomic E-state index is 12.6. The fraction of sp³-hybridized carbons (Fsp3) is 1.00. The number of thioether (sulfide) groups is 1. The molecule has 15 heavy (non-hydrogen) atoms. The molecule has 0 aromatic heterocycles. The molecular formula is C9H17F3N2S. The van der Waals surface area contributed by atoms with Crippen molar-refractivity contribution in [3.8, 4) is 0 Å². The number of nitrogens with zero attached hydrogens (tertiary/aromatic N) is 1. The van der Waals surface area contributed by atoms with Crippen molar-refractivity contribution in [2.24, 2.45) is 5.73 Å². The lowest BCUT2D eigenvalue weighted by molar-refractivity contribution is -0.181. The molecule has 1 fully saturated rings. The predicted molar refractivity (Wildman–Crippen MR) is 57.0 cm³/mol. The lowest BCUT2D eigenvalue weighted by atomic mass is 10.2. The Morgan fingerprint density at radius 1 is 1.33 bits per heavy atom. The Balaban J connectivity index is 2.68. The van der Waals surface area contributed by atoms with Crippen molar-refractivity contribution in [3.05, 3.63) is 0 Å². The third-order valence-corrected chi connectivity index (χ3v) is 3.72. The van der Waals surface area contributed by atoms with Gasteiger partial charge in [-0.2, -0.15) is 24.9 Å². The molecule has 3 unspecified atom stereocenters. The summed E-state index contributed by atoms with van der Waals surface area (Å²) in [4.78, 5) is 1.46. The zero-order valence-corrected chi connectivity index (χ0v) is 9.74. The van der Waals surface area contributed by atoms with E-state index in [-0.39, 0.29) is 17.0 Å². The summed E-state index contributed by atoms with van der Waals surface area (Å²) in [6, 6.07) is -1.48. The molecule has 1 saturated heterocycles. The first-order chi connectivity index (χ1) is 6.84. The van der Waals surface area contributed by atoms with Crippen LogP contribution in [-0.2, 0) is 0 Å². The second kappa shape index (κ2) is 4.93. The van der Waals surface area contributed by atoms with Crippen molar-refractivity contribution in [1.29, 1.82) is 0 Å². The molecule has 0 radical (unpaired) electrons. The summed E-state index contributed by atoms with van der Waals surface area (Å²) < 4.78 is 37.9. The number of halogens is 3. The summed E-state index contributed by atoms with van der Waals surface area (Å²) in [6.07, 6.45) is -4.21. The van der Waals surface area contributed by atoms with Crippen LogP contribution in [0.5, 0.6) is 0 Å². The molecule has 3 atom stereocenters. The van der Waals surface area contributed by atoms with Crippen molar-refractivity contribution >= 4 is 11.8 Å². The molecule has 90 valence electrons. The summed E-state index contributed by atoms with van der Waals surface area (Å²) in [7, 11) is 0. The fourth-order valence-electron chi connectivity index (χ4n) is 1.96. The van der Waals surface area contributed by atoms with E-state index in [1.807, 2.05) is 13.8 Å².